The van der Waals surface area contributed by atoms with Gasteiger partial charge in [-0.25, -0.2) is 4.68 Å². The lowest BCUT2D eigenvalue weighted by atomic mass is 10.1. The first-order valence-corrected chi connectivity index (χ1v) is 6.12. The average Bonchev–Trinajstić information content (AvgIpc) is 2.90. The van der Waals surface area contributed by atoms with E-state index in [2.05, 4.69) is 42.5 Å². The third-order valence-electron chi connectivity index (χ3n) is 3.00. The Morgan fingerprint density at radius 1 is 1.29 bits per heavy atom. The van der Waals surface area contributed by atoms with Crippen LogP contribution in [-0.4, -0.2) is 15.8 Å². The fourth-order valence-corrected chi connectivity index (χ4v) is 1.72. The molecule has 0 fully saturated rings. The van der Waals surface area contributed by atoms with Gasteiger partial charge in [0, 0.05) is 25.0 Å². The molecule has 1 N–H and O–H groups in total. The minimum Gasteiger partial charge on any atom is -0.310 e. The summed E-state index contributed by atoms with van der Waals surface area (Å²) in [6.07, 6.45) is 4.92. The SMILES string of the molecule is CCC(C)NCc1ccccc1-n1cccn1. The molecule has 0 saturated carbocycles. The molecule has 0 aliphatic heterocycles. The minimum atomic E-state index is 0.542. The summed E-state index contributed by atoms with van der Waals surface area (Å²) in [7, 11) is 0. The molecule has 3 nitrogen and oxygen atoms in total. The molecule has 1 aromatic heterocycles. The molecule has 1 aromatic carbocycles. The first-order valence-electron chi connectivity index (χ1n) is 6.12. The maximum absolute atomic E-state index is 4.28. The summed E-state index contributed by atoms with van der Waals surface area (Å²) in [5.74, 6) is 0. The summed E-state index contributed by atoms with van der Waals surface area (Å²) in [5.41, 5.74) is 2.42. The fourth-order valence-electron chi connectivity index (χ4n) is 1.72. The van der Waals surface area contributed by atoms with Gasteiger partial charge in [-0.2, -0.15) is 5.10 Å². The second-order valence-corrected chi connectivity index (χ2v) is 4.27. The molecule has 0 spiro atoms. The van der Waals surface area contributed by atoms with Gasteiger partial charge in [0.2, 0.25) is 0 Å². The van der Waals surface area contributed by atoms with Crippen molar-refractivity contribution in [1.29, 1.82) is 0 Å². The van der Waals surface area contributed by atoms with Gasteiger partial charge in [0.15, 0.2) is 0 Å². The van der Waals surface area contributed by atoms with Crippen molar-refractivity contribution in [2.45, 2.75) is 32.9 Å². The van der Waals surface area contributed by atoms with Gasteiger partial charge in [0.1, 0.15) is 0 Å². The normalized spacial score (nSPS) is 12.6. The summed E-state index contributed by atoms with van der Waals surface area (Å²) in [4.78, 5) is 0. The van der Waals surface area contributed by atoms with Crippen LogP contribution < -0.4 is 5.32 Å². The molecule has 2 rings (SSSR count). The van der Waals surface area contributed by atoms with Gasteiger partial charge in [-0.1, -0.05) is 25.1 Å². The fraction of sp³-hybridized carbons (Fsp3) is 0.357. The number of benzene rings is 1. The van der Waals surface area contributed by atoms with Crippen molar-refractivity contribution in [1.82, 2.24) is 15.1 Å². The van der Waals surface area contributed by atoms with Crippen LogP contribution in [0.5, 0.6) is 0 Å². The Morgan fingerprint density at radius 3 is 2.82 bits per heavy atom. The molecule has 1 heterocycles. The number of nitrogens with zero attached hydrogens (tertiary/aromatic N) is 2. The zero-order valence-electron chi connectivity index (χ0n) is 10.4. The molecular formula is C14H19N3. The van der Waals surface area contributed by atoms with Crippen molar-refractivity contribution < 1.29 is 0 Å². The van der Waals surface area contributed by atoms with Crippen LogP contribution in [0.3, 0.4) is 0 Å². The van der Waals surface area contributed by atoms with Crippen LogP contribution in [0.25, 0.3) is 5.69 Å². The first-order chi connectivity index (χ1) is 8.31. The third-order valence-corrected chi connectivity index (χ3v) is 3.00. The van der Waals surface area contributed by atoms with Crippen molar-refractivity contribution >= 4 is 0 Å². The number of hydrogen-bond donors (Lipinski definition) is 1. The van der Waals surface area contributed by atoms with Crippen LogP contribution in [-0.2, 0) is 6.54 Å². The van der Waals surface area contributed by atoms with Gasteiger partial charge in [-0.3, -0.25) is 0 Å². The maximum Gasteiger partial charge on any atom is 0.0690 e. The van der Waals surface area contributed by atoms with Crippen LogP contribution in [0.15, 0.2) is 42.7 Å². The number of nitrogens with one attached hydrogen (secondary N) is 1. The average molecular weight is 229 g/mol. The minimum absolute atomic E-state index is 0.542. The Hall–Kier alpha value is -1.61. The van der Waals surface area contributed by atoms with Gasteiger partial charge in [-0.05, 0) is 31.0 Å². The Balaban J connectivity index is 2.17. The number of rotatable bonds is 5. The number of aromatic nitrogens is 2. The predicted octanol–water partition coefficient (Wildman–Crippen LogP) is 2.76. The van der Waals surface area contributed by atoms with Crippen LogP contribution in [0, 0.1) is 0 Å². The van der Waals surface area contributed by atoms with E-state index in [1.54, 1.807) is 6.20 Å². The Bertz CT molecular complexity index is 448. The van der Waals surface area contributed by atoms with E-state index in [4.69, 9.17) is 0 Å². The van der Waals surface area contributed by atoms with Crippen LogP contribution in [0.4, 0.5) is 0 Å². The van der Waals surface area contributed by atoms with E-state index in [1.165, 1.54) is 5.56 Å². The van der Waals surface area contributed by atoms with Gasteiger partial charge in [-0.15, -0.1) is 0 Å². The van der Waals surface area contributed by atoms with Gasteiger partial charge in [0.25, 0.3) is 0 Å². The van der Waals surface area contributed by atoms with E-state index in [-0.39, 0.29) is 0 Å². The lowest BCUT2D eigenvalue weighted by molar-refractivity contribution is 0.533. The molecule has 0 radical (unpaired) electrons. The van der Waals surface area contributed by atoms with E-state index < -0.39 is 0 Å². The highest BCUT2D eigenvalue weighted by Gasteiger charge is 2.05. The molecule has 0 bridgehead atoms. The molecule has 90 valence electrons. The molecule has 1 atom stereocenters. The molecule has 1 unspecified atom stereocenters. The van der Waals surface area contributed by atoms with Gasteiger partial charge in [0.05, 0.1) is 5.69 Å². The highest BCUT2D eigenvalue weighted by molar-refractivity contribution is 5.40. The Kier molecular flexibility index (Phi) is 3.94. The van der Waals surface area contributed by atoms with Crippen LogP contribution in [0.2, 0.25) is 0 Å². The smallest absolute Gasteiger partial charge is 0.0690 e. The number of para-hydroxylation sites is 1. The largest absolute Gasteiger partial charge is 0.310 e. The summed E-state index contributed by atoms with van der Waals surface area (Å²) < 4.78 is 1.91. The lowest BCUT2D eigenvalue weighted by Gasteiger charge is -2.14. The third kappa shape index (κ3) is 2.94. The maximum atomic E-state index is 4.28. The summed E-state index contributed by atoms with van der Waals surface area (Å²) in [6.45, 7) is 5.28. The molecule has 2 aromatic rings. The lowest BCUT2D eigenvalue weighted by Crippen LogP contribution is -2.25. The monoisotopic (exact) mass is 229 g/mol. The Morgan fingerprint density at radius 2 is 2.12 bits per heavy atom. The van der Waals surface area contributed by atoms with E-state index in [9.17, 15) is 0 Å². The molecule has 17 heavy (non-hydrogen) atoms. The zero-order chi connectivity index (χ0) is 12.1. The molecule has 0 aliphatic rings. The van der Waals surface area contributed by atoms with Crippen molar-refractivity contribution in [3.05, 3.63) is 48.3 Å². The Labute approximate surface area is 102 Å². The molecule has 3 heteroatoms. The standard InChI is InChI=1S/C14H19N3/c1-3-12(2)15-11-13-7-4-5-8-14(13)17-10-6-9-16-17/h4-10,12,15H,3,11H2,1-2H3. The predicted molar refractivity (Wildman–Crippen MR) is 70.2 cm³/mol. The van der Waals surface area contributed by atoms with Crippen molar-refractivity contribution in [2.24, 2.45) is 0 Å². The summed E-state index contributed by atoms with van der Waals surface area (Å²) in [5, 5.41) is 7.79. The molecule has 0 saturated heterocycles. The highest BCUT2D eigenvalue weighted by atomic mass is 15.3. The summed E-state index contributed by atoms with van der Waals surface area (Å²) >= 11 is 0. The highest BCUT2D eigenvalue weighted by Crippen LogP contribution is 2.13. The zero-order valence-corrected chi connectivity index (χ0v) is 10.4. The first kappa shape index (κ1) is 11.9. The van der Waals surface area contributed by atoms with Gasteiger partial charge < -0.3 is 5.32 Å². The van der Waals surface area contributed by atoms with Crippen molar-refractivity contribution in [2.75, 3.05) is 0 Å². The second-order valence-electron chi connectivity index (χ2n) is 4.27. The van der Waals surface area contributed by atoms with Crippen LogP contribution >= 0.6 is 0 Å². The van der Waals surface area contributed by atoms with E-state index in [1.807, 2.05) is 23.0 Å². The quantitative estimate of drug-likeness (QED) is 0.854. The second kappa shape index (κ2) is 5.64. The van der Waals surface area contributed by atoms with Crippen LogP contribution in [0.1, 0.15) is 25.8 Å². The molecular weight excluding hydrogens is 210 g/mol. The number of hydrogen-bond acceptors (Lipinski definition) is 2. The van der Waals surface area contributed by atoms with Gasteiger partial charge >= 0.3 is 0 Å². The topological polar surface area (TPSA) is 29.9 Å². The molecule has 0 amide bonds. The summed E-state index contributed by atoms with van der Waals surface area (Å²) in [6, 6.07) is 10.8. The van der Waals surface area contributed by atoms with Crippen molar-refractivity contribution in [3.8, 4) is 5.69 Å². The molecule has 0 aliphatic carbocycles. The van der Waals surface area contributed by atoms with E-state index in [0.29, 0.717) is 6.04 Å². The van der Waals surface area contributed by atoms with Crippen molar-refractivity contribution in [3.63, 3.8) is 0 Å². The van der Waals surface area contributed by atoms with E-state index >= 15 is 0 Å². The van der Waals surface area contributed by atoms with E-state index in [0.717, 1.165) is 18.7 Å².